The number of primary amides is 1. The summed E-state index contributed by atoms with van der Waals surface area (Å²) < 4.78 is 16.4. The van der Waals surface area contributed by atoms with Crippen LogP contribution in [0.2, 0.25) is 0 Å². The number of nitrogens with zero attached hydrogens (tertiary/aromatic N) is 1. The van der Waals surface area contributed by atoms with Crippen molar-refractivity contribution in [3.8, 4) is 11.5 Å². The lowest BCUT2D eigenvalue weighted by Gasteiger charge is -2.31. The molecular formula is C14H20N2O4. The first-order chi connectivity index (χ1) is 9.67. The van der Waals surface area contributed by atoms with Crippen molar-refractivity contribution >= 4 is 5.91 Å². The Labute approximate surface area is 118 Å². The average molecular weight is 280 g/mol. The molecule has 6 nitrogen and oxygen atoms in total. The number of morpholine rings is 1. The van der Waals surface area contributed by atoms with Gasteiger partial charge in [-0.15, -0.1) is 0 Å². The molecule has 1 aromatic carbocycles. The van der Waals surface area contributed by atoms with Gasteiger partial charge in [-0.3, -0.25) is 9.69 Å². The number of hydrogen-bond acceptors (Lipinski definition) is 5. The number of hydrogen-bond donors (Lipinski definition) is 1. The molecule has 6 heteroatoms. The van der Waals surface area contributed by atoms with Crippen molar-refractivity contribution < 1.29 is 19.0 Å². The highest BCUT2D eigenvalue weighted by Crippen LogP contribution is 2.19. The van der Waals surface area contributed by atoms with Gasteiger partial charge in [0.05, 0.1) is 20.3 Å². The molecule has 1 aromatic rings. The smallest absolute Gasteiger partial charge is 0.231 e. The molecule has 0 aliphatic carbocycles. The van der Waals surface area contributed by atoms with Crippen LogP contribution in [0.15, 0.2) is 24.3 Å². The summed E-state index contributed by atoms with van der Waals surface area (Å²) in [4.78, 5) is 12.9. The fourth-order valence-corrected chi connectivity index (χ4v) is 2.13. The van der Waals surface area contributed by atoms with Crippen molar-refractivity contribution in [3.63, 3.8) is 0 Å². The fraction of sp³-hybridized carbons (Fsp3) is 0.500. The maximum atomic E-state index is 10.9. The van der Waals surface area contributed by atoms with Gasteiger partial charge in [-0.2, -0.15) is 0 Å². The zero-order valence-electron chi connectivity index (χ0n) is 11.6. The van der Waals surface area contributed by atoms with Crippen molar-refractivity contribution in [2.24, 2.45) is 5.73 Å². The molecular weight excluding hydrogens is 260 g/mol. The van der Waals surface area contributed by atoms with Gasteiger partial charge in [0.25, 0.3) is 0 Å². The van der Waals surface area contributed by atoms with E-state index >= 15 is 0 Å². The third kappa shape index (κ3) is 4.40. The molecule has 1 amide bonds. The minimum atomic E-state index is -0.320. The number of benzene rings is 1. The average Bonchev–Trinajstić information content (AvgIpc) is 2.45. The number of methoxy groups -OCH3 is 1. The van der Waals surface area contributed by atoms with Crippen LogP contribution >= 0.6 is 0 Å². The lowest BCUT2D eigenvalue weighted by atomic mass is 10.2. The van der Waals surface area contributed by atoms with E-state index < -0.39 is 0 Å². The van der Waals surface area contributed by atoms with E-state index in [-0.39, 0.29) is 18.6 Å². The van der Waals surface area contributed by atoms with Gasteiger partial charge >= 0.3 is 0 Å². The van der Waals surface area contributed by atoms with Crippen molar-refractivity contribution in [1.29, 1.82) is 0 Å². The highest BCUT2D eigenvalue weighted by Gasteiger charge is 2.22. The van der Waals surface area contributed by atoms with Gasteiger partial charge in [0, 0.05) is 19.2 Å². The van der Waals surface area contributed by atoms with E-state index in [1.807, 2.05) is 29.2 Å². The first kappa shape index (κ1) is 14.6. The zero-order chi connectivity index (χ0) is 14.4. The molecule has 2 N–H and O–H groups in total. The van der Waals surface area contributed by atoms with Crippen molar-refractivity contribution in [3.05, 3.63) is 24.3 Å². The van der Waals surface area contributed by atoms with E-state index in [2.05, 4.69) is 0 Å². The van der Waals surface area contributed by atoms with Crippen molar-refractivity contribution in [2.45, 2.75) is 6.10 Å². The Bertz CT molecular complexity index is 453. The molecule has 1 aliphatic heterocycles. The molecule has 0 spiro atoms. The third-order valence-corrected chi connectivity index (χ3v) is 3.08. The second kappa shape index (κ2) is 7.12. The molecule has 110 valence electrons. The van der Waals surface area contributed by atoms with Gasteiger partial charge in [-0.25, -0.2) is 0 Å². The Balaban J connectivity index is 1.82. The molecule has 0 aromatic heterocycles. The van der Waals surface area contributed by atoms with E-state index in [4.69, 9.17) is 19.9 Å². The second-order valence-corrected chi connectivity index (χ2v) is 4.68. The highest BCUT2D eigenvalue weighted by atomic mass is 16.5. The summed E-state index contributed by atoms with van der Waals surface area (Å²) in [5.74, 6) is 1.17. The van der Waals surface area contributed by atoms with E-state index in [9.17, 15) is 4.79 Å². The van der Waals surface area contributed by atoms with Crippen LogP contribution in [0.3, 0.4) is 0 Å². The van der Waals surface area contributed by atoms with E-state index in [1.54, 1.807) is 7.11 Å². The molecule has 2 rings (SSSR count). The molecule has 1 fully saturated rings. The Morgan fingerprint density at radius 3 is 3.05 bits per heavy atom. The minimum absolute atomic E-state index is 0.0608. The van der Waals surface area contributed by atoms with Crippen LogP contribution in [0.25, 0.3) is 0 Å². The summed E-state index contributed by atoms with van der Waals surface area (Å²) in [7, 11) is 1.62. The van der Waals surface area contributed by atoms with Gasteiger partial charge in [-0.05, 0) is 12.1 Å². The molecule has 0 saturated carbocycles. The third-order valence-electron chi connectivity index (χ3n) is 3.08. The molecule has 1 heterocycles. The summed E-state index contributed by atoms with van der Waals surface area (Å²) >= 11 is 0. The standard InChI is InChI=1S/C14H20N2O4/c1-18-11-3-2-4-12(7-11)20-10-13-8-16(5-6-19-13)9-14(15)17/h2-4,7,13H,5-6,8-10H2,1H3,(H2,15,17)/t13-/m1/s1. The Morgan fingerprint density at radius 2 is 2.30 bits per heavy atom. The van der Waals surface area contributed by atoms with Gasteiger partial charge in [0.1, 0.15) is 24.2 Å². The predicted molar refractivity (Wildman–Crippen MR) is 73.9 cm³/mol. The molecule has 1 atom stereocenters. The van der Waals surface area contributed by atoms with Crippen LogP contribution < -0.4 is 15.2 Å². The fourth-order valence-electron chi connectivity index (χ4n) is 2.13. The van der Waals surface area contributed by atoms with Gasteiger partial charge in [-0.1, -0.05) is 6.07 Å². The van der Waals surface area contributed by atoms with E-state index in [0.29, 0.717) is 19.8 Å². The summed E-state index contributed by atoms with van der Waals surface area (Å²) in [5, 5.41) is 0. The van der Waals surface area contributed by atoms with Crippen molar-refractivity contribution in [2.75, 3.05) is 40.0 Å². The second-order valence-electron chi connectivity index (χ2n) is 4.68. The molecule has 1 aliphatic rings. The normalized spacial score (nSPS) is 19.6. The van der Waals surface area contributed by atoms with Crippen molar-refractivity contribution in [1.82, 2.24) is 4.90 Å². The topological polar surface area (TPSA) is 74.0 Å². The molecule has 0 bridgehead atoms. The monoisotopic (exact) mass is 280 g/mol. The Hall–Kier alpha value is -1.79. The lowest BCUT2D eigenvalue weighted by molar-refractivity contribution is -0.121. The van der Waals surface area contributed by atoms with Gasteiger partial charge in [0.15, 0.2) is 0 Å². The summed E-state index contributed by atoms with van der Waals surface area (Å²) in [6, 6.07) is 7.42. The Kier molecular flexibility index (Phi) is 5.20. The summed E-state index contributed by atoms with van der Waals surface area (Å²) in [6.45, 7) is 2.65. The maximum Gasteiger partial charge on any atom is 0.231 e. The van der Waals surface area contributed by atoms with Crippen LogP contribution in [0.5, 0.6) is 11.5 Å². The van der Waals surface area contributed by atoms with E-state index in [0.717, 1.165) is 18.0 Å². The first-order valence-corrected chi connectivity index (χ1v) is 6.56. The van der Waals surface area contributed by atoms with Crippen LogP contribution in [-0.4, -0.2) is 56.9 Å². The SMILES string of the molecule is COc1cccc(OC[C@H]2CN(CC(N)=O)CCO2)c1. The zero-order valence-corrected chi connectivity index (χ0v) is 11.6. The number of amides is 1. The summed E-state index contributed by atoms with van der Waals surface area (Å²) in [5.41, 5.74) is 5.20. The van der Waals surface area contributed by atoms with Gasteiger partial charge < -0.3 is 19.9 Å². The number of rotatable bonds is 6. The lowest BCUT2D eigenvalue weighted by Crippen LogP contribution is -2.47. The quantitative estimate of drug-likeness (QED) is 0.809. The number of carbonyl (C=O) groups is 1. The van der Waals surface area contributed by atoms with Crippen LogP contribution in [0, 0.1) is 0 Å². The predicted octanol–water partition coefficient (Wildman–Crippen LogP) is 0.260. The van der Waals surface area contributed by atoms with Crippen LogP contribution in [0.1, 0.15) is 0 Å². The highest BCUT2D eigenvalue weighted by molar-refractivity contribution is 5.75. The van der Waals surface area contributed by atoms with Gasteiger partial charge in [0.2, 0.25) is 5.91 Å². The minimum Gasteiger partial charge on any atom is -0.497 e. The number of ether oxygens (including phenoxy) is 3. The number of carbonyl (C=O) groups excluding carboxylic acids is 1. The van der Waals surface area contributed by atoms with E-state index in [1.165, 1.54) is 0 Å². The first-order valence-electron chi connectivity index (χ1n) is 6.56. The molecule has 0 unspecified atom stereocenters. The molecule has 20 heavy (non-hydrogen) atoms. The molecule has 1 saturated heterocycles. The summed E-state index contributed by atoms with van der Waals surface area (Å²) in [6.07, 6.45) is -0.0608. The number of nitrogens with two attached hydrogens (primary N) is 1. The van der Waals surface area contributed by atoms with Crippen LogP contribution in [0.4, 0.5) is 0 Å². The Morgan fingerprint density at radius 1 is 1.50 bits per heavy atom. The largest absolute Gasteiger partial charge is 0.497 e. The maximum absolute atomic E-state index is 10.9. The molecule has 0 radical (unpaired) electrons. The van der Waals surface area contributed by atoms with Crippen LogP contribution in [-0.2, 0) is 9.53 Å².